The summed E-state index contributed by atoms with van der Waals surface area (Å²) in [6, 6.07) is 0. The molecule has 0 aromatic rings. The van der Waals surface area contributed by atoms with Gasteiger partial charge in [0, 0.05) is 6.66 Å². The summed E-state index contributed by atoms with van der Waals surface area (Å²) < 4.78 is 27.7. The fourth-order valence-corrected chi connectivity index (χ4v) is 1.80. The maximum atomic E-state index is 12.5. The molecule has 0 bridgehead atoms. The molecule has 0 radical (unpaired) electrons. The van der Waals surface area contributed by atoms with Crippen LogP contribution in [0.15, 0.2) is 0 Å². The Kier molecular flexibility index (Phi) is 5.77. The van der Waals surface area contributed by atoms with Gasteiger partial charge in [-0.3, -0.25) is 4.57 Å². The summed E-state index contributed by atoms with van der Waals surface area (Å²) in [5.41, 5.74) is 0. The van der Waals surface area contributed by atoms with Crippen molar-refractivity contribution in [2.45, 2.75) is 45.6 Å². The molecule has 0 saturated carbocycles. The molecule has 0 spiro atoms. The fourth-order valence-electron chi connectivity index (χ4n) is 1.06. The Bertz CT molecular complexity index is 155. The van der Waals surface area contributed by atoms with Crippen molar-refractivity contribution in [2.75, 3.05) is 6.66 Å². The number of rotatable bonds is 6. The van der Waals surface area contributed by atoms with E-state index in [0.29, 0.717) is 0 Å². The molecule has 0 fully saturated rings. The molecule has 4 heteroatoms. The van der Waals surface area contributed by atoms with E-state index in [1.54, 1.807) is 6.92 Å². The van der Waals surface area contributed by atoms with Crippen LogP contribution in [0.2, 0.25) is 0 Å². The van der Waals surface area contributed by atoms with E-state index in [0.717, 1.165) is 32.3 Å². The zero-order valence-corrected chi connectivity index (χ0v) is 8.94. The molecule has 0 N–H and O–H groups in total. The Balaban J connectivity index is 3.46. The second-order valence-corrected chi connectivity index (χ2v) is 4.86. The van der Waals surface area contributed by atoms with Gasteiger partial charge in [0.2, 0.25) is 0 Å². The third kappa shape index (κ3) is 8.22. The normalized spacial score (nSPS) is 18.7. The Morgan fingerprint density at radius 3 is 2.50 bits per heavy atom. The Hall–Kier alpha value is 0.120. The summed E-state index contributed by atoms with van der Waals surface area (Å²) in [5, 5.41) is 0. The van der Waals surface area contributed by atoms with Gasteiger partial charge < -0.3 is 4.52 Å². The van der Waals surface area contributed by atoms with E-state index in [1.807, 2.05) is 0 Å². The maximum Gasteiger partial charge on any atom is 0.364 e. The Labute approximate surface area is 74.1 Å². The van der Waals surface area contributed by atoms with E-state index < -0.39 is 7.68 Å². The molecule has 2 atom stereocenters. The van der Waals surface area contributed by atoms with Gasteiger partial charge in [0.25, 0.3) is 0 Å². The van der Waals surface area contributed by atoms with Gasteiger partial charge in [-0.1, -0.05) is 26.2 Å². The highest BCUT2D eigenvalue weighted by molar-refractivity contribution is 7.52. The molecule has 0 heterocycles. The summed E-state index contributed by atoms with van der Waals surface area (Å²) in [6.07, 6.45) is 3.82. The molecular formula is C8H18FO2P. The lowest BCUT2D eigenvalue weighted by molar-refractivity contribution is 0.195. The van der Waals surface area contributed by atoms with E-state index in [2.05, 4.69) is 11.4 Å². The predicted octanol–water partition coefficient (Wildman–Crippen LogP) is 3.76. The van der Waals surface area contributed by atoms with Crippen molar-refractivity contribution in [1.29, 1.82) is 0 Å². The van der Waals surface area contributed by atoms with Crippen LogP contribution in [0.5, 0.6) is 0 Å². The van der Waals surface area contributed by atoms with Gasteiger partial charge in [0.05, 0.1) is 6.10 Å². The van der Waals surface area contributed by atoms with Gasteiger partial charge in [0.1, 0.15) is 0 Å². The van der Waals surface area contributed by atoms with Crippen LogP contribution in [0.1, 0.15) is 39.5 Å². The van der Waals surface area contributed by atoms with E-state index in [1.165, 1.54) is 0 Å². The minimum atomic E-state index is -3.77. The lowest BCUT2D eigenvalue weighted by atomic mass is 10.1. The van der Waals surface area contributed by atoms with Crippen LogP contribution in [0, 0.1) is 0 Å². The maximum absolute atomic E-state index is 12.5. The minimum Gasteiger partial charge on any atom is -0.303 e. The van der Waals surface area contributed by atoms with Crippen molar-refractivity contribution in [3.05, 3.63) is 0 Å². The molecule has 0 aliphatic rings. The van der Waals surface area contributed by atoms with Crippen LogP contribution in [0.4, 0.5) is 4.20 Å². The zero-order valence-electron chi connectivity index (χ0n) is 8.05. The van der Waals surface area contributed by atoms with Gasteiger partial charge in [-0.05, 0) is 13.3 Å². The van der Waals surface area contributed by atoms with Gasteiger partial charge in [-0.25, -0.2) is 0 Å². The minimum absolute atomic E-state index is 0.225. The van der Waals surface area contributed by atoms with Gasteiger partial charge in [-0.15, -0.1) is 0 Å². The Morgan fingerprint density at radius 1 is 1.50 bits per heavy atom. The van der Waals surface area contributed by atoms with Crippen LogP contribution < -0.4 is 0 Å². The van der Waals surface area contributed by atoms with Gasteiger partial charge in [0.15, 0.2) is 0 Å². The van der Waals surface area contributed by atoms with Crippen molar-refractivity contribution in [2.24, 2.45) is 0 Å². The Morgan fingerprint density at radius 2 is 2.08 bits per heavy atom. The summed E-state index contributed by atoms with van der Waals surface area (Å²) in [6.45, 7) is 4.86. The van der Waals surface area contributed by atoms with Gasteiger partial charge in [-0.2, -0.15) is 4.20 Å². The molecule has 0 aliphatic heterocycles. The second-order valence-electron chi connectivity index (χ2n) is 3.16. The van der Waals surface area contributed by atoms with E-state index in [9.17, 15) is 8.76 Å². The van der Waals surface area contributed by atoms with Crippen molar-refractivity contribution in [3.63, 3.8) is 0 Å². The predicted molar refractivity (Wildman–Crippen MR) is 49.3 cm³/mol. The first-order valence-corrected chi connectivity index (χ1v) is 6.37. The first-order chi connectivity index (χ1) is 5.45. The van der Waals surface area contributed by atoms with E-state index in [4.69, 9.17) is 0 Å². The number of unbranched alkanes of at least 4 members (excludes halogenated alkanes) is 2. The lowest BCUT2D eigenvalue weighted by Gasteiger charge is -2.12. The van der Waals surface area contributed by atoms with Crippen LogP contribution in [-0.2, 0) is 9.09 Å². The fraction of sp³-hybridized carbons (Fsp3) is 1.00. The first-order valence-electron chi connectivity index (χ1n) is 4.41. The van der Waals surface area contributed by atoms with Crippen molar-refractivity contribution in [1.82, 2.24) is 0 Å². The van der Waals surface area contributed by atoms with Crippen molar-refractivity contribution >= 4 is 7.68 Å². The summed E-state index contributed by atoms with van der Waals surface area (Å²) >= 11 is 0. The molecule has 0 amide bonds. The third-order valence-electron chi connectivity index (χ3n) is 1.58. The van der Waals surface area contributed by atoms with Gasteiger partial charge >= 0.3 is 7.68 Å². The SMILES string of the molecule is CCCCCC(C)OP(C)(=O)F. The van der Waals surface area contributed by atoms with Crippen LogP contribution in [0.25, 0.3) is 0 Å². The molecule has 0 aromatic carbocycles. The van der Waals surface area contributed by atoms with E-state index >= 15 is 0 Å². The van der Waals surface area contributed by atoms with Crippen molar-refractivity contribution < 1.29 is 13.3 Å². The van der Waals surface area contributed by atoms with Crippen LogP contribution in [0.3, 0.4) is 0 Å². The number of hydrogen-bond donors (Lipinski definition) is 0. The third-order valence-corrected chi connectivity index (χ3v) is 2.32. The monoisotopic (exact) mass is 196 g/mol. The number of halogens is 1. The quantitative estimate of drug-likeness (QED) is 0.477. The highest BCUT2D eigenvalue weighted by Gasteiger charge is 2.16. The molecule has 2 nitrogen and oxygen atoms in total. The lowest BCUT2D eigenvalue weighted by Crippen LogP contribution is -2.04. The highest BCUT2D eigenvalue weighted by Crippen LogP contribution is 2.45. The first kappa shape index (κ1) is 12.1. The molecule has 0 rings (SSSR count). The molecule has 2 unspecified atom stereocenters. The topological polar surface area (TPSA) is 26.3 Å². The largest absolute Gasteiger partial charge is 0.364 e. The standard InChI is InChI=1S/C8H18FO2P/c1-4-5-6-7-8(2)11-12(3,9)10/h8H,4-7H2,1-3H3. The van der Waals surface area contributed by atoms with Crippen LogP contribution in [-0.4, -0.2) is 12.8 Å². The average Bonchev–Trinajstić information content (AvgIpc) is 1.84. The molecule has 0 aliphatic carbocycles. The molecule has 0 saturated heterocycles. The summed E-state index contributed by atoms with van der Waals surface area (Å²) in [7, 11) is -3.77. The van der Waals surface area contributed by atoms with E-state index in [-0.39, 0.29) is 6.10 Å². The molecule has 0 aromatic heterocycles. The molecule has 12 heavy (non-hydrogen) atoms. The number of hydrogen-bond acceptors (Lipinski definition) is 2. The molecular weight excluding hydrogens is 178 g/mol. The second kappa shape index (κ2) is 5.71. The molecule has 74 valence electrons. The zero-order chi connectivity index (χ0) is 9.61. The van der Waals surface area contributed by atoms with Crippen molar-refractivity contribution in [3.8, 4) is 0 Å². The summed E-state index contributed by atoms with van der Waals surface area (Å²) in [4.78, 5) is 0. The highest BCUT2D eigenvalue weighted by atomic mass is 31.2. The smallest absolute Gasteiger partial charge is 0.303 e. The summed E-state index contributed by atoms with van der Waals surface area (Å²) in [5.74, 6) is 0. The average molecular weight is 196 g/mol. The van der Waals surface area contributed by atoms with Crippen LogP contribution >= 0.6 is 7.68 Å².